The van der Waals surface area contributed by atoms with Gasteiger partial charge < -0.3 is 10.4 Å². The largest absolute Gasteiger partial charge is 0.395 e. The van der Waals surface area contributed by atoms with Crippen LogP contribution in [-0.2, 0) is 0 Å². The van der Waals surface area contributed by atoms with Gasteiger partial charge in [0.05, 0.1) is 6.61 Å². The standard InChI is InChI=1S/C15H31NOS/c1-5-8-16-14-7-6-13(11(2)3)9-15(14)18-12(4)10-17/h11-17H,5-10H2,1-4H3. The molecule has 4 atom stereocenters. The van der Waals surface area contributed by atoms with Gasteiger partial charge in [0.15, 0.2) is 0 Å². The summed E-state index contributed by atoms with van der Waals surface area (Å²) in [6.45, 7) is 10.5. The molecule has 4 unspecified atom stereocenters. The second-order valence-electron chi connectivity index (χ2n) is 6.05. The molecule has 0 radical (unpaired) electrons. The molecule has 2 N–H and O–H groups in total. The van der Waals surface area contributed by atoms with E-state index in [-0.39, 0.29) is 0 Å². The number of nitrogens with one attached hydrogen (secondary N) is 1. The Morgan fingerprint density at radius 3 is 2.56 bits per heavy atom. The van der Waals surface area contributed by atoms with Gasteiger partial charge in [-0.3, -0.25) is 0 Å². The van der Waals surface area contributed by atoms with Crippen LogP contribution in [0.2, 0.25) is 0 Å². The number of aliphatic hydroxyl groups excluding tert-OH is 1. The van der Waals surface area contributed by atoms with E-state index >= 15 is 0 Å². The van der Waals surface area contributed by atoms with E-state index in [0.717, 1.165) is 18.4 Å². The Morgan fingerprint density at radius 2 is 2.00 bits per heavy atom. The van der Waals surface area contributed by atoms with Crippen molar-refractivity contribution in [2.75, 3.05) is 13.2 Å². The molecule has 0 bridgehead atoms. The highest BCUT2D eigenvalue weighted by Crippen LogP contribution is 2.37. The van der Waals surface area contributed by atoms with Gasteiger partial charge in [0.1, 0.15) is 0 Å². The normalized spacial score (nSPS) is 30.7. The highest BCUT2D eigenvalue weighted by molar-refractivity contribution is 8.00. The first-order valence-corrected chi connectivity index (χ1v) is 8.52. The average Bonchev–Trinajstić information content (AvgIpc) is 2.36. The van der Waals surface area contributed by atoms with Crippen LogP contribution in [0.25, 0.3) is 0 Å². The highest BCUT2D eigenvalue weighted by atomic mass is 32.2. The van der Waals surface area contributed by atoms with Gasteiger partial charge in [-0.2, -0.15) is 11.8 Å². The number of aliphatic hydroxyl groups is 1. The average molecular weight is 273 g/mol. The van der Waals surface area contributed by atoms with Crippen molar-refractivity contribution in [2.24, 2.45) is 11.8 Å². The highest BCUT2D eigenvalue weighted by Gasteiger charge is 2.32. The summed E-state index contributed by atoms with van der Waals surface area (Å²) in [6, 6.07) is 0.652. The third-order valence-electron chi connectivity index (χ3n) is 4.10. The van der Waals surface area contributed by atoms with E-state index < -0.39 is 0 Å². The molecule has 0 aromatic rings. The van der Waals surface area contributed by atoms with Gasteiger partial charge >= 0.3 is 0 Å². The van der Waals surface area contributed by atoms with Crippen molar-refractivity contribution in [1.29, 1.82) is 0 Å². The predicted octanol–water partition coefficient (Wildman–Crippen LogP) is 3.29. The summed E-state index contributed by atoms with van der Waals surface area (Å²) < 4.78 is 0. The third kappa shape index (κ3) is 5.10. The minimum absolute atomic E-state index is 0.300. The maximum Gasteiger partial charge on any atom is 0.0547 e. The Hall–Kier alpha value is 0.270. The molecule has 1 rings (SSSR count). The van der Waals surface area contributed by atoms with E-state index in [4.69, 9.17) is 0 Å². The smallest absolute Gasteiger partial charge is 0.0547 e. The van der Waals surface area contributed by atoms with Crippen LogP contribution in [0.15, 0.2) is 0 Å². The SMILES string of the molecule is CCCNC1CCC(C(C)C)CC1SC(C)CO. The number of hydrogen-bond donors (Lipinski definition) is 2. The predicted molar refractivity (Wildman–Crippen MR) is 82.2 cm³/mol. The minimum Gasteiger partial charge on any atom is -0.395 e. The van der Waals surface area contributed by atoms with Crippen molar-refractivity contribution >= 4 is 11.8 Å². The van der Waals surface area contributed by atoms with Gasteiger partial charge in [-0.15, -0.1) is 0 Å². The lowest BCUT2D eigenvalue weighted by molar-refractivity contribution is 0.244. The van der Waals surface area contributed by atoms with Crippen LogP contribution in [-0.4, -0.2) is 34.8 Å². The van der Waals surface area contributed by atoms with Gasteiger partial charge in [-0.1, -0.05) is 27.7 Å². The molecular formula is C15H31NOS. The minimum atomic E-state index is 0.300. The molecule has 1 aliphatic rings. The topological polar surface area (TPSA) is 32.3 Å². The van der Waals surface area contributed by atoms with E-state index in [0.29, 0.717) is 23.1 Å². The first kappa shape index (κ1) is 16.3. The van der Waals surface area contributed by atoms with Gasteiger partial charge in [-0.05, 0) is 44.1 Å². The molecule has 3 heteroatoms. The molecule has 2 nitrogen and oxygen atoms in total. The number of hydrogen-bond acceptors (Lipinski definition) is 3. The number of rotatable bonds is 7. The van der Waals surface area contributed by atoms with E-state index in [1.54, 1.807) is 0 Å². The van der Waals surface area contributed by atoms with Crippen LogP contribution in [0.3, 0.4) is 0 Å². The van der Waals surface area contributed by atoms with Crippen LogP contribution < -0.4 is 5.32 Å². The first-order valence-electron chi connectivity index (χ1n) is 7.58. The van der Waals surface area contributed by atoms with Gasteiger partial charge in [0.25, 0.3) is 0 Å². The molecular weight excluding hydrogens is 242 g/mol. The fraction of sp³-hybridized carbons (Fsp3) is 1.00. The Labute approximate surface area is 117 Å². The van der Waals surface area contributed by atoms with Crippen molar-refractivity contribution in [3.8, 4) is 0 Å². The second kappa shape index (κ2) is 8.44. The Morgan fingerprint density at radius 1 is 1.28 bits per heavy atom. The number of thioether (sulfide) groups is 1. The van der Waals surface area contributed by atoms with E-state index in [9.17, 15) is 5.11 Å². The van der Waals surface area contributed by atoms with E-state index in [1.807, 2.05) is 11.8 Å². The summed E-state index contributed by atoms with van der Waals surface area (Å²) in [5.74, 6) is 1.66. The summed E-state index contributed by atoms with van der Waals surface area (Å²) in [6.07, 6.45) is 5.19. The second-order valence-corrected chi connectivity index (χ2v) is 7.73. The fourth-order valence-electron chi connectivity index (χ4n) is 2.82. The van der Waals surface area contributed by atoms with Crippen LogP contribution in [0.1, 0.15) is 53.4 Å². The third-order valence-corrected chi connectivity index (χ3v) is 5.58. The molecule has 108 valence electrons. The quantitative estimate of drug-likeness (QED) is 0.746. The summed E-state index contributed by atoms with van der Waals surface area (Å²) in [4.78, 5) is 0. The molecule has 18 heavy (non-hydrogen) atoms. The van der Waals surface area contributed by atoms with Crippen molar-refractivity contribution < 1.29 is 5.11 Å². The molecule has 0 saturated heterocycles. The fourth-order valence-corrected chi connectivity index (χ4v) is 4.28. The van der Waals surface area contributed by atoms with Crippen molar-refractivity contribution in [3.05, 3.63) is 0 Å². The first-order chi connectivity index (χ1) is 8.58. The van der Waals surface area contributed by atoms with Crippen LogP contribution in [0, 0.1) is 11.8 Å². The molecule has 0 aliphatic heterocycles. The molecule has 1 saturated carbocycles. The molecule has 0 spiro atoms. The van der Waals surface area contributed by atoms with Crippen molar-refractivity contribution in [1.82, 2.24) is 5.32 Å². The summed E-state index contributed by atoms with van der Waals surface area (Å²) in [5.41, 5.74) is 0. The maximum absolute atomic E-state index is 9.26. The van der Waals surface area contributed by atoms with Gasteiger partial charge in [0, 0.05) is 16.5 Å². The lowest BCUT2D eigenvalue weighted by atomic mass is 9.79. The van der Waals surface area contributed by atoms with Gasteiger partial charge in [-0.25, -0.2) is 0 Å². The molecule has 1 aliphatic carbocycles. The van der Waals surface area contributed by atoms with Crippen molar-refractivity contribution in [3.63, 3.8) is 0 Å². The zero-order chi connectivity index (χ0) is 13.5. The Kier molecular flexibility index (Phi) is 7.66. The van der Waals surface area contributed by atoms with Crippen LogP contribution in [0.4, 0.5) is 0 Å². The summed E-state index contributed by atoms with van der Waals surface area (Å²) in [5, 5.41) is 14.0. The molecule has 0 aromatic carbocycles. The Balaban J connectivity index is 2.54. The summed E-state index contributed by atoms with van der Waals surface area (Å²) >= 11 is 1.99. The lowest BCUT2D eigenvalue weighted by Gasteiger charge is -2.39. The lowest BCUT2D eigenvalue weighted by Crippen LogP contribution is -2.44. The maximum atomic E-state index is 9.26. The van der Waals surface area contributed by atoms with Crippen molar-refractivity contribution in [2.45, 2.75) is 69.9 Å². The molecule has 0 amide bonds. The van der Waals surface area contributed by atoms with Gasteiger partial charge in [0.2, 0.25) is 0 Å². The summed E-state index contributed by atoms with van der Waals surface area (Å²) in [7, 11) is 0. The monoisotopic (exact) mass is 273 g/mol. The molecule has 1 fully saturated rings. The van der Waals surface area contributed by atoms with E-state index in [2.05, 4.69) is 33.0 Å². The molecule has 0 aromatic heterocycles. The van der Waals surface area contributed by atoms with Crippen LogP contribution in [0.5, 0.6) is 0 Å². The molecule has 0 heterocycles. The van der Waals surface area contributed by atoms with Crippen LogP contribution >= 0.6 is 11.8 Å². The zero-order valence-electron chi connectivity index (χ0n) is 12.5. The zero-order valence-corrected chi connectivity index (χ0v) is 13.3. The van der Waals surface area contributed by atoms with E-state index in [1.165, 1.54) is 25.7 Å². The Bertz CT molecular complexity index is 223.